The fourth-order valence-electron chi connectivity index (χ4n) is 2.05. The molecule has 0 aliphatic carbocycles. The summed E-state index contributed by atoms with van der Waals surface area (Å²) in [5, 5.41) is 2.71. The minimum atomic E-state index is -0.352. The van der Waals surface area contributed by atoms with E-state index in [9.17, 15) is 9.59 Å². The molecule has 21 heavy (non-hydrogen) atoms. The molecule has 1 aromatic carbocycles. The zero-order valence-corrected chi connectivity index (χ0v) is 11.2. The number of aromatic amines is 1. The van der Waals surface area contributed by atoms with Crippen molar-refractivity contribution in [3.05, 3.63) is 58.5 Å². The van der Waals surface area contributed by atoms with Crippen LogP contribution in [0, 0.1) is 0 Å². The minimum Gasteiger partial charge on any atom is -0.486 e. The maximum Gasteiger partial charge on any atom is 0.267 e. The van der Waals surface area contributed by atoms with Gasteiger partial charge in [-0.3, -0.25) is 9.59 Å². The number of H-pyrrole nitrogens is 1. The number of carbonyl (C=O) groups is 1. The molecule has 0 spiro atoms. The van der Waals surface area contributed by atoms with Crippen LogP contribution in [0.1, 0.15) is 10.5 Å². The van der Waals surface area contributed by atoms with Gasteiger partial charge in [-0.25, -0.2) is 0 Å². The molecule has 1 unspecified atom stereocenters. The lowest BCUT2D eigenvalue weighted by atomic mass is 10.2. The molecule has 1 amide bonds. The molecule has 0 saturated heterocycles. The van der Waals surface area contributed by atoms with E-state index in [1.807, 2.05) is 24.3 Å². The van der Waals surface area contributed by atoms with Crippen molar-refractivity contribution < 1.29 is 14.3 Å². The molecule has 2 heterocycles. The van der Waals surface area contributed by atoms with E-state index >= 15 is 0 Å². The highest BCUT2D eigenvalue weighted by atomic mass is 16.6. The van der Waals surface area contributed by atoms with Crippen molar-refractivity contribution in [3.8, 4) is 11.5 Å². The molecule has 6 nitrogen and oxygen atoms in total. The fraction of sp³-hybridized carbons (Fsp3) is 0.200. The van der Waals surface area contributed by atoms with E-state index < -0.39 is 0 Å². The van der Waals surface area contributed by atoms with Crippen LogP contribution in [0.25, 0.3) is 0 Å². The zero-order valence-electron chi connectivity index (χ0n) is 11.2. The van der Waals surface area contributed by atoms with E-state index in [1.54, 1.807) is 6.07 Å². The van der Waals surface area contributed by atoms with Crippen LogP contribution in [0.4, 0.5) is 0 Å². The molecule has 0 bridgehead atoms. The van der Waals surface area contributed by atoms with E-state index in [2.05, 4.69) is 10.3 Å². The average Bonchev–Trinajstić information content (AvgIpc) is 2.52. The number of fused-ring (bicyclic) bond motifs is 1. The number of carbonyl (C=O) groups excluding carboxylic acids is 1. The van der Waals surface area contributed by atoms with E-state index in [0.717, 1.165) is 0 Å². The number of para-hydroxylation sites is 2. The monoisotopic (exact) mass is 286 g/mol. The lowest BCUT2D eigenvalue weighted by molar-refractivity contribution is 0.0786. The van der Waals surface area contributed by atoms with Crippen LogP contribution in [-0.4, -0.2) is 30.1 Å². The molecule has 6 heteroatoms. The second-order valence-electron chi connectivity index (χ2n) is 4.64. The summed E-state index contributed by atoms with van der Waals surface area (Å²) in [5.41, 5.74) is -0.0894. The van der Waals surface area contributed by atoms with Gasteiger partial charge >= 0.3 is 0 Å². The zero-order chi connectivity index (χ0) is 14.7. The first kappa shape index (κ1) is 13.2. The molecule has 0 radical (unpaired) electrons. The predicted molar refractivity (Wildman–Crippen MR) is 75.7 cm³/mol. The van der Waals surface area contributed by atoms with Crippen molar-refractivity contribution in [2.45, 2.75) is 6.10 Å². The molecular weight excluding hydrogens is 272 g/mol. The van der Waals surface area contributed by atoms with Crippen molar-refractivity contribution in [1.29, 1.82) is 0 Å². The summed E-state index contributed by atoms with van der Waals surface area (Å²) in [6.07, 6.45) is -0.265. The van der Waals surface area contributed by atoms with Gasteiger partial charge in [0.1, 0.15) is 18.4 Å². The Morgan fingerprint density at radius 2 is 2.00 bits per heavy atom. The van der Waals surface area contributed by atoms with Gasteiger partial charge in [0.05, 0.1) is 6.54 Å². The van der Waals surface area contributed by atoms with E-state index in [4.69, 9.17) is 9.47 Å². The Labute approximate surface area is 120 Å². The summed E-state index contributed by atoms with van der Waals surface area (Å²) >= 11 is 0. The number of pyridine rings is 1. The molecule has 0 fully saturated rings. The second-order valence-corrected chi connectivity index (χ2v) is 4.64. The van der Waals surface area contributed by atoms with Crippen LogP contribution in [0.3, 0.4) is 0 Å². The molecule has 3 rings (SSSR count). The Balaban J connectivity index is 1.59. The maximum absolute atomic E-state index is 11.9. The smallest absolute Gasteiger partial charge is 0.267 e. The molecule has 2 aromatic rings. The Morgan fingerprint density at radius 1 is 1.19 bits per heavy atom. The molecular formula is C15H14N2O4. The first-order valence-electron chi connectivity index (χ1n) is 6.58. The van der Waals surface area contributed by atoms with Crippen molar-refractivity contribution in [1.82, 2.24) is 10.3 Å². The SMILES string of the molecule is O=C(NCC1COc2ccccc2O1)c1cccc(=O)[nH]1. The summed E-state index contributed by atoms with van der Waals surface area (Å²) in [7, 11) is 0. The average molecular weight is 286 g/mol. The number of nitrogens with one attached hydrogen (secondary N) is 2. The van der Waals surface area contributed by atoms with Crippen LogP contribution in [0.5, 0.6) is 11.5 Å². The van der Waals surface area contributed by atoms with Crippen LogP contribution >= 0.6 is 0 Å². The lowest BCUT2D eigenvalue weighted by Crippen LogP contribution is -2.41. The van der Waals surface area contributed by atoms with Crippen LogP contribution < -0.4 is 20.3 Å². The molecule has 2 N–H and O–H groups in total. The normalized spacial score (nSPS) is 16.3. The summed E-state index contributed by atoms with van der Waals surface area (Å²) in [6.45, 7) is 0.659. The van der Waals surface area contributed by atoms with E-state index in [-0.39, 0.29) is 23.3 Å². The number of amides is 1. The number of hydrogen-bond donors (Lipinski definition) is 2. The topological polar surface area (TPSA) is 80.4 Å². The third kappa shape index (κ3) is 3.05. The summed E-state index contributed by atoms with van der Waals surface area (Å²) < 4.78 is 11.3. The minimum absolute atomic E-state index is 0.222. The third-order valence-corrected chi connectivity index (χ3v) is 3.07. The molecule has 1 aromatic heterocycles. The molecule has 1 aliphatic rings. The van der Waals surface area contributed by atoms with Gasteiger partial charge in [-0.15, -0.1) is 0 Å². The Bertz CT molecular complexity index is 711. The second kappa shape index (κ2) is 5.70. The van der Waals surface area contributed by atoms with Gasteiger partial charge in [-0.1, -0.05) is 18.2 Å². The van der Waals surface area contributed by atoms with Gasteiger partial charge in [0.15, 0.2) is 11.5 Å². The van der Waals surface area contributed by atoms with Crippen LogP contribution in [0.15, 0.2) is 47.3 Å². The molecule has 0 saturated carbocycles. The quantitative estimate of drug-likeness (QED) is 0.880. The van der Waals surface area contributed by atoms with Crippen molar-refractivity contribution >= 4 is 5.91 Å². The number of ether oxygens (including phenoxy) is 2. The molecule has 1 atom stereocenters. The summed E-state index contributed by atoms with van der Waals surface area (Å²) in [6, 6.07) is 11.8. The number of aromatic nitrogens is 1. The largest absolute Gasteiger partial charge is 0.486 e. The number of rotatable bonds is 3. The first-order chi connectivity index (χ1) is 10.2. The van der Waals surface area contributed by atoms with Gasteiger partial charge < -0.3 is 19.8 Å². The third-order valence-electron chi connectivity index (χ3n) is 3.07. The standard InChI is InChI=1S/C15H14N2O4/c18-14-7-3-4-11(17-14)15(19)16-8-10-9-20-12-5-1-2-6-13(12)21-10/h1-7,10H,8-9H2,(H,16,19)(H,17,18). The fourth-order valence-corrected chi connectivity index (χ4v) is 2.05. The van der Waals surface area contributed by atoms with Gasteiger partial charge in [0.25, 0.3) is 5.91 Å². The molecule has 1 aliphatic heterocycles. The van der Waals surface area contributed by atoms with Gasteiger partial charge in [0.2, 0.25) is 5.56 Å². The van der Waals surface area contributed by atoms with E-state index in [1.165, 1.54) is 12.1 Å². The van der Waals surface area contributed by atoms with E-state index in [0.29, 0.717) is 24.7 Å². The van der Waals surface area contributed by atoms with Crippen molar-refractivity contribution in [2.24, 2.45) is 0 Å². The summed E-state index contributed by atoms with van der Waals surface area (Å²) in [5.74, 6) is 1.01. The first-order valence-corrected chi connectivity index (χ1v) is 6.58. The predicted octanol–water partition coefficient (Wildman–Crippen LogP) is 0.945. The van der Waals surface area contributed by atoms with Crippen LogP contribution in [0.2, 0.25) is 0 Å². The highest BCUT2D eigenvalue weighted by molar-refractivity contribution is 5.92. The van der Waals surface area contributed by atoms with Crippen molar-refractivity contribution in [3.63, 3.8) is 0 Å². The van der Waals surface area contributed by atoms with Crippen molar-refractivity contribution in [2.75, 3.05) is 13.2 Å². The summed E-state index contributed by atoms with van der Waals surface area (Å²) in [4.78, 5) is 25.5. The van der Waals surface area contributed by atoms with Gasteiger partial charge in [0, 0.05) is 6.07 Å². The Kier molecular flexibility index (Phi) is 3.59. The Morgan fingerprint density at radius 3 is 2.81 bits per heavy atom. The lowest BCUT2D eigenvalue weighted by Gasteiger charge is -2.26. The van der Waals surface area contributed by atoms with Crippen LogP contribution in [-0.2, 0) is 0 Å². The molecule has 108 valence electrons. The highest BCUT2D eigenvalue weighted by Gasteiger charge is 2.21. The Hall–Kier alpha value is -2.76. The van der Waals surface area contributed by atoms with Gasteiger partial charge in [-0.2, -0.15) is 0 Å². The number of benzene rings is 1. The number of hydrogen-bond acceptors (Lipinski definition) is 4. The highest BCUT2D eigenvalue weighted by Crippen LogP contribution is 2.30. The van der Waals surface area contributed by atoms with Gasteiger partial charge in [-0.05, 0) is 18.2 Å². The maximum atomic E-state index is 11.9.